The van der Waals surface area contributed by atoms with Crippen LogP contribution in [0.4, 0.5) is 0 Å². The van der Waals surface area contributed by atoms with Crippen molar-refractivity contribution in [3.8, 4) is 0 Å². The van der Waals surface area contributed by atoms with E-state index in [-0.39, 0.29) is 17.4 Å². The first-order chi connectivity index (χ1) is 12.4. The zero-order chi connectivity index (χ0) is 19.1. The Bertz CT molecular complexity index is 889. The van der Waals surface area contributed by atoms with Gasteiger partial charge in [0.1, 0.15) is 5.70 Å². The fraction of sp³-hybridized carbons (Fsp3) is 0.500. The van der Waals surface area contributed by atoms with Gasteiger partial charge in [0.05, 0.1) is 11.4 Å². The van der Waals surface area contributed by atoms with Crippen LogP contribution in [0.1, 0.15) is 57.3 Å². The summed E-state index contributed by atoms with van der Waals surface area (Å²) < 4.78 is 2.08. The van der Waals surface area contributed by atoms with Crippen LogP contribution in [-0.4, -0.2) is 28.5 Å². The molecule has 1 saturated heterocycles. The van der Waals surface area contributed by atoms with Crippen molar-refractivity contribution in [1.29, 1.82) is 0 Å². The number of primary amides is 1. The number of aromatic nitrogens is 1. The van der Waals surface area contributed by atoms with E-state index in [9.17, 15) is 4.79 Å². The van der Waals surface area contributed by atoms with Gasteiger partial charge in [-0.2, -0.15) is 0 Å². The van der Waals surface area contributed by atoms with E-state index in [1.807, 2.05) is 25.2 Å². The summed E-state index contributed by atoms with van der Waals surface area (Å²) in [4.78, 5) is 15.0. The van der Waals surface area contributed by atoms with Crippen LogP contribution >= 0.6 is 0 Å². The molecule has 4 heteroatoms. The Kier molecular flexibility index (Phi) is 4.98. The molecule has 1 amide bonds. The van der Waals surface area contributed by atoms with E-state index in [2.05, 4.69) is 42.9 Å². The molecule has 1 fully saturated rings. The molecule has 2 atom stereocenters. The highest BCUT2D eigenvalue weighted by Crippen LogP contribution is 2.52. The largest absolute Gasteiger partial charge is 0.364 e. The molecule has 140 valence electrons. The van der Waals surface area contributed by atoms with Crippen molar-refractivity contribution < 1.29 is 4.79 Å². The summed E-state index contributed by atoms with van der Waals surface area (Å²) >= 11 is 0. The predicted molar refractivity (Wildman–Crippen MR) is 109 cm³/mol. The average Bonchev–Trinajstić information content (AvgIpc) is 2.89. The maximum absolute atomic E-state index is 12.4. The van der Waals surface area contributed by atoms with Crippen molar-refractivity contribution in [3.63, 3.8) is 0 Å². The van der Waals surface area contributed by atoms with Crippen LogP contribution in [-0.2, 0) is 4.79 Å². The van der Waals surface area contributed by atoms with Gasteiger partial charge in [-0.05, 0) is 69.1 Å². The standard InChI is InChI=1S/C22H31N3O/c1-6-9-11-17-15(4)16(5)19-20-22(7-2,12-10-13-24(20)8-3)14-18(21(23)26)25(17)19/h6,9,11,14,20H,4,7-8,10,12-13H2,1-3,5H3,(H2,23,26)/b9-6-,17-11+/t20-,22+/m1/s1. The zero-order valence-electron chi connectivity index (χ0n) is 16.5. The Hall–Kier alpha value is -2.07. The van der Waals surface area contributed by atoms with Gasteiger partial charge in [-0.3, -0.25) is 9.69 Å². The van der Waals surface area contributed by atoms with Crippen molar-refractivity contribution in [2.24, 2.45) is 11.1 Å². The summed E-state index contributed by atoms with van der Waals surface area (Å²) in [6, 6.07) is 0.266. The van der Waals surface area contributed by atoms with E-state index in [1.165, 1.54) is 11.3 Å². The number of piperidine rings is 1. The van der Waals surface area contributed by atoms with E-state index in [4.69, 9.17) is 5.73 Å². The SMILES string of the molecule is C=c1c(C)c2n(/c1=C/C=C\C)C(C(N)=O)=C[C@]1(CC)CCCN(CC)[C@H]21. The maximum Gasteiger partial charge on any atom is 0.265 e. The summed E-state index contributed by atoms with van der Waals surface area (Å²) in [7, 11) is 0. The molecule has 3 rings (SSSR count). The Balaban J connectivity index is 2.43. The summed E-state index contributed by atoms with van der Waals surface area (Å²) in [6.45, 7) is 15.0. The number of allylic oxidation sites excluding steroid dienone is 2. The van der Waals surface area contributed by atoms with Crippen LogP contribution in [0, 0.1) is 12.3 Å². The van der Waals surface area contributed by atoms with Crippen LogP contribution < -0.4 is 16.3 Å². The number of carbonyl (C=O) groups excluding carboxylic acids is 1. The molecule has 0 spiro atoms. The average molecular weight is 354 g/mol. The monoisotopic (exact) mass is 353 g/mol. The topological polar surface area (TPSA) is 51.3 Å². The molecule has 0 aliphatic carbocycles. The minimum Gasteiger partial charge on any atom is -0.364 e. The highest BCUT2D eigenvalue weighted by Gasteiger charge is 2.48. The second kappa shape index (κ2) is 6.92. The van der Waals surface area contributed by atoms with Crippen molar-refractivity contribution in [1.82, 2.24) is 9.47 Å². The number of carbonyl (C=O) groups is 1. The Morgan fingerprint density at radius 2 is 2.19 bits per heavy atom. The minimum absolute atomic E-state index is 0.0396. The molecule has 1 aromatic heterocycles. The molecule has 0 aromatic carbocycles. The lowest BCUT2D eigenvalue weighted by molar-refractivity contribution is -0.113. The van der Waals surface area contributed by atoms with Gasteiger partial charge >= 0.3 is 0 Å². The van der Waals surface area contributed by atoms with Gasteiger partial charge in [0.2, 0.25) is 0 Å². The van der Waals surface area contributed by atoms with Crippen molar-refractivity contribution in [2.75, 3.05) is 13.1 Å². The number of amides is 1. The number of hydrogen-bond acceptors (Lipinski definition) is 2. The lowest BCUT2D eigenvalue weighted by Gasteiger charge is -2.51. The summed E-state index contributed by atoms with van der Waals surface area (Å²) in [6.07, 6.45) is 11.4. The molecule has 2 aliphatic rings. The molecular formula is C22H31N3O. The van der Waals surface area contributed by atoms with Gasteiger partial charge in [-0.25, -0.2) is 0 Å². The molecule has 2 aliphatic heterocycles. The van der Waals surface area contributed by atoms with Crippen molar-refractivity contribution in [3.05, 3.63) is 40.1 Å². The van der Waals surface area contributed by atoms with Crippen molar-refractivity contribution in [2.45, 2.75) is 53.0 Å². The quantitative estimate of drug-likeness (QED) is 0.904. The van der Waals surface area contributed by atoms with Gasteiger partial charge in [-0.15, -0.1) is 0 Å². The summed E-state index contributed by atoms with van der Waals surface area (Å²) in [5.41, 5.74) is 8.79. The number of hydrogen-bond donors (Lipinski definition) is 1. The maximum atomic E-state index is 12.4. The minimum atomic E-state index is -0.365. The third kappa shape index (κ3) is 2.59. The van der Waals surface area contributed by atoms with Crippen molar-refractivity contribution >= 4 is 24.3 Å². The van der Waals surface area contributed by atoms with Gasteiger partial charge < -0.3 is 10.3 Å². The third-order valence-corrected chi connectivity index (χ3v) is 6.31. The first kappa shape index (κ1) is 18.7. The molecule has 0 unspecified atom stereocenters. The van der Waals surface area contributed by atoms with Gasteiger partial charge in [0.25, 0.3) is 5.91 Å². The molecular weight excluding hydrogens is 322 g/mol. The summed E-state index contributed by atoms with van der Waals surface area (Å²) in [5, 5.41) is 1.95. The second-order valence-electron chi connectivity index (χ2n) is 7.52. The highest BCUT2D eigenvalue weighted by molar-refractivity contribution is 6.13. The number of likely N-dealkylation sites (tertiary alicyclic amines) is 1. The fourth-order valence-electron chi connectivity index (χ4n) is 4.90. The molecule has 0 saturated carbocycles. The van der Waals surface area contributed by atoms with Gasteiger partial charge in [0, 0.05) is 11.1 Å². The van der Waals surface area contributed by atoms with E-state index in [1.54, 1.807) is 0 Å². The van der Waals surface area contributed by atoms with E-state index in [0.717, 1.165) is 42.9 Å². The van der Waals surface area contributed by atoms with Crippen LogP contribution in [0.5, 0.6) is 0 Å². The van der Waals surface area contributed by atoms with E-state index < -0.39 is 0 Å². The zero-order valence-corrected chi connectivity index (χ0v) is 16.5. The molecule has 4 nitrogen and oxygen atoms in total. The fourth-order valence-corrected chi connectivity index (χ4v) is 4.90. The molecule has 0 radical (unpaired) electrons. The third-order valence-electron chi connectivity index (χ3n) is 6.31. The van der Waals surface area contributed by atoms with Crippen LogP contribution in [0.2, 0.25) is 0 Å². The molecule has 0 bridgehead atoms. The number of nitrogens with two attached hydrogens (primary N) is 1. The first-order valence-electron chi connectivity index (χ1n) is 9.72. The normalized spacial score (nSPS) is 26.7. The number of nitrogens with zero attached hydrogens (tertiary/aromatic N) is 2. The highest BCUT2D eigenvalue weighted by atomic mass is 16.1. The van der Waals surface area contributed by atoms with E-state index >= 15 is 0 Å². The lowest BCUT2D eigenvalue weighted by atomic mass is 9.67. The smallest absolute Gasteiger partial charge is 0.265 e. The first-order valence-corrected chi connectivity index (χ1v) is 9.72. The number of rotatable bonds is 4. The lowest BCUT2D eigenvalue weighted by Crippen LogP contribution is -2.49. The predicted octanol–water partition coefficient (Wildman–Crippen LogP) is 2.46. The van der Waals surface area contributed by atoms with Crippen LogP contribution in [0.3, 0.4) is 0 Å². The van der Waals surface area contributed by atoms with Gasteiger partial charge in [0.15, 0.2) is 0 Å². The molecule has 3 heterocycles. The van der Waals surface area contributed by atoms with Crippen LogP contribution in [0.15, 0.2) is 18.2 Å². The van der Waals surface area contributed by atoms with Crippen LogP contribution in [0.25, 0.3) is 18.4 Å². The Morgan fingerprint density at radius 3 is 2.77 bits per heavy atom. The number of fused-ring (bicyclic) bond motifs is 3. The van der Waals surface area contributed by atoms with Gasteiger partial charge in [-0.1, -0.05) is 32.6 Å². The second-order valence-corrected chi connectivity index (χ2v) is 7.52. The Labute approximate surface area is 156 Å². The van der Waals surface area contributed by atoms with E-state index in [0.29, 0.717) is 5.70 Å². The molecule has 26 heavy (non-hydrogen) atoms. The molecule has 2 N–H and O–H groups in total. The molecule has 1 aromatic rings. The summed E-state index contributed by atoms with van der Waals surface area (Å²) in [5.74, 6) is -0.365. The Morgan fingerprint density at radius 1 is 1.46 bits per heavy atom.